The SMILES string of the molecule is O=C(Nc1ccc(Sc2ccc(NC(=O)c3sc4cc(F)ccc4c3Cl)cc2)cc1)c1sc2cc(F)ccc2c1Cl. The number of nitrogens with one attached hydrogen (secondary N) is 2. The number of hydrogen-bond acceptors (Lipinski definition) is 5. The van der Waals surface area contributed by atoms with E-state index >= 15 is 0 Å². The van der Waals surface area contributed by atoms with Crippen molar-refractivity contribution in [3.63, 3.8) is 0 Å². The maximum absolute atomic E-state index is 13.5. The number of carbonyl (C=O) groups is 2. The van der Waals surface area contributed by atoms with Crippen LogP contribution in [0, 0.1) is 11.6 Å². The fraction of sp³-hybridized carbons (Fsp3) is 0. The Hall–Kier alpha value is -3.47. The Morgan fingerprint density at radius 3 is 1.39 bits per heavy atom. The van der Waals surface area contributed by atoms with Gasteiger partial charge in [-0.15, -0.1) is 22.7 Å². The summed E-state index contributed by atoms with van der Waals surface area (Å²) >= 11 is 16.5. The summed E-state index contributed by atoms with van der Waals surface area (Å²) in [6.07, 6.45) is 0. The van der Waals surface area contributed by atoms with Crippen molar-refractivity contribution in [2.24, 2.45) is 0 Å². The molecule has 0 aliphatic heterocycles. The van der Waals surface area contributed by atoms with Gasteiger partial charge in [-0.05, 0) is 84.9 Å². The van der Waals surface area contributed by atoms with Crippen molar-refractivity contribution in [3.8, 4) is 0 Å². The monoisotopic (exact) mass is 640 g/mol. The van der Waals surface area contributed by atoms with Gasteiger partial charge in [0.2, 0.25) is 0 Å². The number of anilines is 2. The Morgan fingerprint density at radius 2 is 1.00 bits per heavy atom. The lowest BCUT2D eigenvalue weighted by Gasteiger charge is -2.08. The average Bonchev–Trinajstić information content (AvgIpc) is 3.46. The first-order valence-corrected chi connectivity index (χ1v) is 15.2. The largest absolute Gasteiger partial charge is 0.321 e. The molecular formula is C30H16Cl2F2N2O2S3. The maximum Gasteiger partial charge on any atom is 0.267 e. The molecule has 0 saturated heterocycles. The van der Waals surface area contributed by atoms with Gasteiger partial charge in [0.05, 0.1) is 10.0 Å². The van der Waals surface area contributed by atoms with Gasteiger partial charge >= 0.3 is 0 Å². The number of benzene rings is 4. The zero-order valence-corrected chi connectivity index (χ0v) is 24.6. The van der Waals surface area contributed by atoms with Gasteiger partial charge in [0.1, 0.15) is 21.4 Å². The van der Waals surface area contributed by atoms with Gasteiger partial charge < -0.3 is 10.6 Å². The van der Waals surface area contributed by atoms with Crippen LogP contribution in [0.4, 0.5) is 20.2 Å². The standard InChI is InChI=1S/C30H16Cl2F2N2O2S3/c31-25-21-11-1-15(33)13-23(21)40-27(25)29(37)35-17-3-7-19(8-4-17)39-20-9-5-18(6-10-20)36-30(38)28-26(32)22-12-2-16(34)14-24(22)41-28/h1-14H,(H,35,37)(H,36,38). The van der Waals surface area contributed by atoms with Crippen LogP contribution in [0.15, 0.2) is 94.7 Å². The van der Waals surface area contributed by atoms with E-state index in [-0.39, 0.29) is 23.4 Å². The molecule has 6 aromatic rings. The molecule has 4 nitrogen and oxygen atoms in total. The molecule has 2 heterocycles. The average molecular weight is 642 g/mol. The van der Waals surface area contributed by atoms with Crippen LogP contribution < -0.4 is 10.6 Å². The highest BCUT2D eigenvalue weighted by Gasteiger charge is 2.19. The van der Waals surface area contributed by atoms with Gasteiger partial charge in [0.15, 0.2) is 0 Å². The number of hydrogen-bond donors (Lipinski definition) is 2. The fourth-order valence-corrected chi connectivity index (χ4v) is 7.79. The molecule has 11 heteroatoms. The van der Waals surface area contributed by atoms with Crippen LogP contribution in [0.2, 0.25) is 10.0 Å². The minimum Gasteiger partial charge on any atom is -0.321 e. The molecule has 0 saturated carbocycles. The van der Waals surface area contributed by atoms with E-state index in [1.54, 1.807) is 36.4 Å². The molecule has 0 atom stereocenters. The van der Waals surface area contributed by atoms with E-state index < -0.39 is 0 Å². The summed E-state index contributed by atoms with van der Waals surface area (Å²) in [6.45, 7) is 0. The summed E-state index contributed by atoms with van der Waals surface area (Å²) in [5, 5.41) is 7.56. The Kier molecular flexibility index (Phi) is 7.72. The summed E-state index contributed by atoms with van der Waals surface area (Å²) in [6, 6.07) is 23.2. The molecule has 0 fully saturated rings. The smallest absolute Gasteiger partial charge is 0.267 e. The van der Waals surface area contributed by atoms with Gasteiger partial charge in [0, 0.05) is 41.3 Å². The zero-order valence-electron chi connectivity index (χ0n) is 20.6. The molecule has 0 aliphatic carbocycles. The molecule has 204 valence electrons. The highest BCUT2D eigenvalue weighted by molar-refractivity contribution is 7.99. The zero-order chi connectivity index (χ0) is 28.7. The molecule has 6 rings (SSSR count). The Balaban J connectivity index is 1.08. The number of fused-ring (bicyclic) bond motifs is 2. The molecule has 4 aromatic carbocycles. The molecule has 0 unspecified atom stereocenters. The van der Waals surface area contributed by atoms with Crippen LogP contribution >= 0.6 is 57.6 Å². The van der Waals surface area contributed by atoms with E-state index in [9.17, 15) is 18.4 Å². The van der Waals surface area contributed by atoms with Crippen LogP contribution in [0.25, 0.3) is 20.2 Å². The van der Waals surface area contributed by atoms with Gasteiger partial charge in [-0.2, -0.15) is 0 Å². The fourth-order valence-electron chi connectivity index (χ4n) is 4.09. The van der Waals surface area contributed by atoms with Gasteiger partial charge in [-0.25, -0.2) is 8.78 Å². The summed E-state index contributed by atoms with van der Waals surface area (Å²) in [4.78, 5) is 28.1. The maximum atomic E-state index is 13.5. The van der Waals surface area contributed by atoms with Crippen LogP contribution in [0.1, 0.15) is 19.3 Å². The van der Waals surface area contributed by atoms with Crippen molar-refractivity contribution in [2.75, 3.05) is 10.6 Å². The second-order valence-electron chi connectivity index (χ2n) is 8.83. The van der Waals surface area contributed by atoms with Gasteiger partial charge in [-0.3, -0.25) is 9.59 Å². The van der Waals surface area contributed by atoms with Crippen molar-refractivity contribution in [3.05, 3.63) is 116 Å². The lowest BCUT2D eigenvalue weighted by molar-refractivity contribution is 0.102. The molecule has 0 radical (unpaired) electrons. The third-order valence-electron chi connectivity index (χ3n) is 6.06. The first-order valence-electron chi connectivity index (χ1n) is 12.0. The number of rotatable bonds is 6. The number of halogens is 4. The Labute approximate surface area is 254 Å². The van der Waals surface area contributed by atoms with Crippen molar-refractivity contribution in [1.29, 1.82) is 0 Å². The van der Waals surface area contributed by atoms with Gasteiger partial charge in [0.25, 0.3) is 11.8 Å². The molecular weight excluding hydrogens is 625 g/mol. The summed E-state index contributed by atoms with van der Waals surface area (Å²) in [5.74, 6) is -1.49. The van der Waals surface area contributed by atoms with E-state index in [2.05, 4.69) is 10.6 Å². The predicted octanol–water partition coefficient (Wildman–Crippen LogP) is 10.4. The summed E-state index contributed by atoms with van der Waals surface area (Å²) in [7, 11) is 0. The van der Waals surface area contributed by atoms with E-state index in [0.29, 0.717) is 51.3 Å². The molecule has 2 N–H and O–H groups in total. The quantitative estimate of drug-likeness (QED) is 0.190. The Morgan fingerprint density at radius 1 is 0.610 bits per heavy atom. The van der Waals surface area contributed by atoms with E-state index in [1.165, 1.54) is 36.0 Å². The molecule has 0 bridgehead atoms. The van der Waals surface area contributed by atoms with Gasteiger partial charge in [-0.1, -0.05) is 35.0 Å². The lowest BCUT2D eigenvalue weighted by Crippen LogP contribution is -2.10. The molecule has 0 aliphatic rings. The van der Waals surface area contributed by atoms with Crippen LogP contribution in [0.3, 0.4) is 0 Å². The molecule has 2 aromatic heterocycles. The third kappa shape index (κ3) is 5.82. The van der Waals surface area contributed by atoms with Crippen LogP contribution in [-0.2, 0) is 0 Å². The van der Waals surface area contributed by atoms with E-state index in [1.807, 2.05) is 24.3 Å². The molecule has 41 heavy (non-hydrogen) atoms. The minimum absolute atomic E-state index is 0.302. The summed E-state index contributed by atoms with van der Waals surface area (Å²) in [5.41, 5.74) is 1.19. The van der Waals surface area contributed by atoms with Crippen LogP contribution in [0.5, 0.6) is 0 Å². The highest BCUT2D eigenvalue weighted by Crippen LogP contribution is 2.38. The number of amides is 2. The van der Waals surface area contributed by atoms with E-state index in [4.69, 9.17) is 23.2 Å². The number of carbonyl (C=O) groups excluding carboxylic acids is 2. The topological polar surface area (TPSA) is 58.2 Å². The predicted molar refractivity (Wildman–Crippen MR) is 166 cm³/mol. The molecule has 0 spiro atoms. The minimum atomic E-state index is -0.384. The summed E-state index contributed by atoms with van der Waals surface area (Å²) < 4.78 is 28.3. The highest BCUT2D eigenvalue weighted by atomic mass is 35.5. The Bertz CT molecular complexity index is 1810. The molecule has 2 amide bonds. The normalized spacial score (nSPS) is 11.2. The van der Waals surface area contributed by atoms with Crippen molar-refractivity contribution in [2.45, 2.75) is 9.79 Å². The van der Waals surface area contributed by atoms with Crippen molar-refractivity contribution in [1.82, 2.24) is 0 Å². The lowest BCUT2D eigenvalue weighted by atomic mass is 10.2. The van der Waals surface area contributed by atoms with Crippen molar-refractivity contribution >= 4 is 101 Å². The number of thiophene rings is 2. The van der Waals surface area contributed by atoms with Crippen molar-refractivity contribution < 1.29 is 18.4 Å². The van der Waals surface area contributed by atoms with Crippen LogP contribution in [-0.4, -0.2) is 11.8 Å². The second-order valence-corrected chi connectivity index (χ2v) is 12.8. The van der Waals surface area contributed by atoms with E-state index in [0.717, 1.165) is 32.5 Å². The first kappa shape index (κ1) is 27.7. The second kappa shape index (κ2) is 11.4. The first-order chi connectivity index (χ1) is 19.7. The third-order valence-corrected chi connectivity index (χ3v) is 10.4.